The van der Waals surface area contributed by atoms with Gasteiger partial charge in [-0.05, 0) is 64.2 Å². The first-order chi connectivity index (χ1) is 27.8. The predicted molar refractivity (Wildman–Crippen MR) is 229 cm³/mol. The average molecular weight is 846 g/mol. The minimum absolute atomic E-state index is 0.263. The summed E-state index contributed by atoms with van der Waals surface area (Å²) in [4.78, 5) is 23.3. The van der Waals surface area contributed by atoms with E-state index in [0.29, 0.717) is 19.3 Å². The Morgan fingerprint density at radius 2 is 1.07 bits per heavy atom. The molecule has 1 rings (SSSR count). The summed E-state index contributed by atoms with van der Waals surface area (Å²) in [6.07, 6.45) is 25.2. The number of phosphoric acid groups is 1. The highest BCUT2D eigenvalue weighted by Gasteiger charge is 2.51. The molecule has 0 aromatic rings. The van der Waals surface area contributed by atoms with Crippen LogP contribution in [0.3, 0.4) is 0 Å². The molecule has 8 unspecified atom stereocenters. The smallest absolute Gasteiger partial charge is 0.393 e. The molecule has 1 saturated carbocycles. The van der Waals surface area contributed by atoms with Crippen LogP contribution in [0.2, 0.25) is 0 Å². The number of unbranched alkanes of at least 4 members (excludes halogenated alkanes) is 16. The summed E-state index contributed by atoms with van der Waals surface area (Å²) in [7, 11) is -5.15. The lowest BCUT2D eigenvalue weighted by atomic mass is 9.85. The second kappa shape index (κ2) is 33.9. The van der Waals surface area contributed by atoms with E-state index in [2.05, 4.69) is 49.5 Å². The number of carbonyl (C=O) groups excluding carboxylic acids is 1. The van der Waals surface area contributed by atoms with Gasteiger partial charge in [0, 0.05) is 0 Å². The summed E-state index contributed by atoms with van der Waals surface area (Å²) in [6, 6.07) is -1.26. The number of hydrogen-bond acceptors (Lipinski definition) is 11. The highest BCUT2D eigenvalue weighted by molar-refractivity contribution is 7.47. The highest BCUT2D eigenvalue weighted by Crippen LogP contribution is 2.47. The van der Waals surface area contributed by atoms with E-state index in [1.165, 1.54) is 63.9 Å². The van der Waals surface area contributed by atoms with Crippen molar-refractivity contribution in [2.24, 2.45) is 0 Å². The van der Waals surface area contributed by atoms with Crippen molar-refractivity contribution in [3.63, 3.8) is 0 Å². The van der Waals surface area contributed by atoms with E-state index < -0.39 is 75.2 Å². The fraction of sp³-hybridized carbons (Fsp3) is 0.795. The predicted octanol–water partition coefficient (Wildman–Crippen LogP) is 6.75. The van der Waals surface area contributed by atoms with Crippen molar-refractivity contribution < 1.29 is 59.0 Å². The number of nitrogens with one attached hydrogen (secondary N) is 1. The van der Waals surface area contributed by atoms with Gasteiger partial charge < -0.3 is 46.0 Å². The Morgan fingerprint density at radius 1 is 0.621 bits per heavy atom. The van der Waals surface area contributed by atoms with Crippen LogP contribution in [-0.4, -0.2) is 108 Å². The summed E-state index contributed by atoms with van der Waals surface area (Å²) in [5.74, 6) is -0.616. The Kier molecular flexibility index (Phi) is 31.7. The number of aliphatic hydroxyl groups is 7. The summed E-state index contributed by atoms with van der Waals surface area (Å²) >= 11 is 0. The van der Waals surface area contributed by atoms with Crippen LogP contribution < -0.4 is 5.32 Å². The Balaban J connectivity index is 2.53. The van der Waals surface area contributed by atoms with Gasteiger partial charge in [0.2, 0.25) is 5.91 Å². The SMILES string of the molecule is CC/C=C/CC/C=C/CC/C=C/C(O)C(COP(=O)(O)OC1C(O)C(O)C(O)C(O)C1O)NC(=O)CC(O)CCCCCCC/C=C\CCCCCCCCCCC. The van der Waals surface area contributed by atoms with Gasteiger partial charge in [0.05, 0.1) is 31.3 Å². The van der Waals surface area contributed by atoms with Crippen LogP contribution in [0.4, 0.5) is 0 Å². The van der Waals surface area contributed by atoms with Crippen LogP contribution in [0.1, 0.15) is 162 Å². The van der Waals surface area contributed by atoms with Gasteiger partial charge in [-0.3, -0.25) is 13.8 Å². The topological polar surface area (TPSA) is 226 Å². The van der Waals surface area contributed by atoms with Crippen molar-refractivity contribution in [2.75, 3.05) is 6.61 Å². The third kappa shape index (κ3) is 25.8. The van der Waals surface area contributed by atoms with E-state index >= 15 is 0 Å². The monoisotopic (exact) mass is 846 g/mol. The molecule has 0 aliphatic heterocycles. The average Bonchev–Trinajstić information content (AvgIpc) is 3.19. The molecule has 1 aliphatic carbocycles. The lowest BCUT2D eigenvalue weighted by Gasteiger charge is -2.41. The maximum Gasteiger partial charge on any atom is 0.472 e. The Labute approximate surface area is 349 Å². The molecule has 0 spiro atoms. The Hall–Kier alpha value is -1.74. The third-order valence-electron chi connectivity index (χ3n) is 10.4. The summed E-state index contributed by atoms with van der Waals surface area (Å²) < 4.78 is 22.7. The zero-order valence-corrected chi connectivity index (χ0v) is 36.3. The van der Waals surface area contributed by atoms with Gasteiger partial charge in [-0.25, -0.2) is 4.57 Å². The van der Waals surface area contributed by atoms with Crippen molar-refractivity contribution >= 4 is 13.7 Å². The second-order valence-corrected chi connectivity index (χ2v) is 17.1. The minimum Gasteiger partial charge on any atom is -0.393 e. The first-order valence-corrected chi connectivity index (χ1v) is 23.7. The first kappa shape index (κ1) is 54.3. The molecule has 0 aromatic heterocycles. The number of hydrogen-bond donors (Lipinski definition) is 9. The van der Waals surface area contributed by atoms with Crippen molar-refractivity contribution in [1.29, 1.82) is 0 Å². The van der Waals surface area contributed by atoms with Crippen LogP contribution >= 0.6 is 7.82 Å². The van der Waals surface area contributed by atoms with Crippen molar-refractivity contribution in [3.8, 4) is 0 Å². The standard InChI is InChI=1S/C44H80NO12P/c1-3-5-7-9-11-13-15-16-17-18-19-20-21-22-23-25-27-29-31-35(46)33-38(48)45-36(37(47)32-30-28-26-24-14-12-10-8-6-4-2)34-56-58(54,55)57-44-42(52)40(50)39(49)41(51)43(44)53/h6,8,14,19-20,24,30,32,35-37,39-44,46-47,49-53H,3-5,7,9-13,15-18,21-23,25-29,31,33-34H2,1-2H3,(H,45,48)(H,54,55)/b8-6+,20-19-,24-14+,32-30+. The van der Waals surface area contributed by atoms with Gasteiger partial charge in [-0.1, -0.05) is 140 Å². The van der Waals surface area contributed by atoms with E-state index in [9.17, 15) is 50.0 Å². The molecule has 9 N–H and O–H groups in total. The molecule has 0 heterocycles. The molecular weight excluding hydrogens is 765 g/mol. The fourth-order valence-corrected chi connectivity index (χ4v) is 7.71. The van der Waals surface area contributed by atoms with Crippen LogP contribution in [0.5, 0.6) is 0 Å². The fourth-order valence-electron chi connectivity index (χ4n) is 6.74. The van der Waals surface area contributed by atoms with Crippen LogP contribution in [0.25, 0.3) is 0 Å². The number of rotatable bonds is 35. The lowest BCUT2D eigenvalue weighted by molar-refractivity contribution is -0.220. The van der Waals surface area contributed by atoms with Gasteiger partial charge >= 0.3 is 7.82 Å². The number of amides is 1. The van der Waals surface area contributed by atoms with E-state index in [-0.39, 0.29) is 6.42 Å². The molecule has 0 saturated heterocycles. The summed E-state index contributed by atoms with van der Waals surface area (Å²) in [5, 5.41) is 74.2. The van der Waals surface area contributed by atoms with E-state index in [1.54, 1.807) is 6.08 Å². The maximum absolute atomic E-state index is 12.9. The molecule has 13 nitrogen and oxygen atoms in total. The quantitative estimate of drug-likeness (QED) is 0.0184. The Morgan fingerprint density at radius 3 is 1.60 bits per heavy atom. The summed E-state index contributed by atoms with van der Waals surface area (Å²) in [5.41, 5.74) is 0. The minimum atomic E-state index is -5.15. The van der Waals surface area contributed by atoms with Crippen molar-refractivity contribution in [2.45, 2.75) is 216 Å². The van der Waals surface area contributed by atoms with Gasteiger partial charge in [0.1, 0.15) is 36.6 Å². The maximum atomic E-state index is 12.9. The molecular formula is C44H80NO12P. The number of allylic oxidation sites excluding steroid dienone is 7. The van der Waals surface area contributed by atoms with Crippen molar-refractivity contribution in [3.05, 3.63) is 48.6 Å². The molecule has 14 heteroatoms. The van der Waals surface area contributed by atoms with E-state index in [4.69, 9.17) is 9.05 Å². The first-order valence-electron chi connectivity index (χ1n) is 22.2. The second-order valence-electron chi connectivity index (χ2n) is 15.7. The van der Waals surface area contributed by atoms with Gasteiger partial charge in [0.15, 0.2) is 0 Å². The molecule has 1 fully saturated rings. The van der Waals surface area contributed by atoms with Crippen LogP contribution in [0, 0.1) is 0 Å². The van der Waals surface area contributed by atoms with Gasteiger partial charge in [-0.2, -0.15) is 0 Å². The number of phosphoric ester groups is 1. The molecule has 338 valence electrons. The molecule has 0 radical (unpaired) electrons. The third-order valence-corrected chi connectivity index (χ3v) is 11.4. The lowest BCUT2D eigenvalue weighted by Crippen LogP contribution is -2.64. The molecule has 0 aromatic carbocycles. The molecule has 1 aliphatic rings. The highest BCUT2D eigenvalue weighted by atomic mass is 31.2. The van der Waals surface area contributed by atoms with Crippen molar-refractivity contribution in [1.82, 2.24) is 5.32 Å². The van der Waals surface area contributed by atoms with E-state index in [1.807, 2.05) is 6.08 Å². The summed E-state index contributed by atoms with van der Waals surface area (Å²) in [6.45, 7) is 3.57. The molecule has 58 heavy (non-hydrogen) atoms. The Bertz CT molecular complexity index is 1180. The largest absolute Gasteiger partial charge is 0.472 e. The molecule has 0 bridgehead atoms. The number of carbonyl (C=O) groups is 1. The zero-order chi connectivity index (χ0) is 43.0. The van der Waals surface area contributed by atoms with Gasteiger partial charge in [-0.15, -0.1) is 0 Å². The normalized spacial score (nSPS) is 24.2. The van der Waals surface area contributed by atoms with E-state index in [0.717, 1.165) is 64.2 Å². The molecule has 1 amide bonds. The van der Waals surface area contributed by atoms with Gasteiger partial charge in [0.25, 0.3) is 0 Å². The molecule has 8 atom stereocenters. The van der Waals surface area contributed by atoms with Crippen LogP contribution in [0.15, 0.2) is 48.6 Å². The number of aliphatic hydroxyl groups excluding tert-OH is 7. The van der Waals surface area contributed by atoms with Crippen LogP contribution in [-0.2, 0) is 18.4 Å². The zero-order valence-electron chi connectivity index (χ0n) is 35.4.